The lowest BCUT2D eigenvalue weighted by Crippen LogP contribution is -2.38. The van der Waals surface area contributed by atoms with Gasteiger partial charge in [0, 0.05) is 17.7 Å². The number of hydrogen-bond acceptors (Lipinski definition) is 4. The number of anilines is 1. The third-order valence-corrected chi connectivity index (χ3v) is 5.02. The average Bonchev–Trinajstić information content (AvgIpc) is 2.57. The van der Waals surface area contributed by atoms with E-state index in [4.69, 9.17) is 0 Å². The van der Waals surface area contributed by atoms with E-state index in [-0.39, 0.29) is 24.8 Å². The van der Waals surface area contributed by atoms with E-state index in [0.29, 0.717) is 16.8 Å². The predicted molar refractivity (Wildman–Crippen MR) is 102 cm³/mol. The lowest BCUT2D eigenvalue weighted by molar-refractivity contribution is 0.0953. The van der Waals surface area contributed by atoms with Gasteiger partial charge >= 0.3 is 0 Å². The van der Waals surface area contributed by atoms with Gasteiger partial charge in [0.05, 0.1) is 18.5 Å². The van der Waals surface area contributed by atoms with Crippen LogP contribution in [0.5, 0.6) is 0 Å². The Balaban J connectivity index is 2.11. The first-order valence-corrected chi connectivity index (χ1v) is 9.97. The summed E-state index contributed by atoms with van der Waals surface area (Å²) in [4.78, 5) is 23.7. The number of carbonyl (C=O) groups excluding carboxylic acids is 2. The first kappa shape index (κ1) is 19.7. The van der Waals surface area contributed by atoms with Crippen LogP contribution in [0.1, 0.15) is 33.2 Å². The molecule has 0 atom stereocenters. The molecule has 0 aliphatic heterocycles. The van der Waals surface area contributed by atoms with Gasteiger partial charge in [-0.1, -0.05) is 29.8 Å². The van der Waals surface area contributed by atoms with Gasteiger partial charge in [0.1, 0.15) is 0 Å². The molecule has 0 radical (unpaired) electrons. The lowest BCUT2D eigenvalue weighted by Gasteiger charge is -2.23. The summed E-state index contributed by atoms with van der Waals surface area (Å²) in [6.45, 7) is 3.53. The van der Waals surface area contributed by atoms with Crippen molar-refractivity contribution in [2.45, 2.75) is 13.8 Å². The highest BCUT2D eigenvalue weighted by atomic mass is 32.2. The number of carbonyl (C=O) groups is 2. The van der Waals surface area contributed by atoms with Gasteiger partial charge in [-0.3, -0.25) is 13.9 Å². The smallest absolute Gasteiger partial charge is 0.251 e. The summed E-state index contributed by atoms with van der Waals surface area (Å²) in [6.07, 6.45) is 1.09. The maximum Gasteiger partial charge on any atom is 0.251 e. The minimum Gasteiger partial charge on any atom is -0.350 e. The second kappa shape index (κ2) is 8.14. The standard InChI is InChI=1S/C19H22N2O4S/c1-14-6-4-8-17(12-14)19(23)20-10-11-21(26(3,24)25)18-9-5-7-16(13-18)15(2)22/h4-9,12-13H,10-11H2,1-3H3,(H,20,23). The summed E-state index contributed by atoms with van der Waals surface area (Å²) in [7, 11) is -3.56. The van der Waals surface area contributed by atoms with Crippen LogP contribution in [-0.2, 0) is 10.0 Å². The zero-order chi connectivity index (χ0) is 19.3. The van der Waals surface area contributed by atoms with E-state index in [1.165, 1.54) is 17.3 Å². The summed E-state index contributed by atoms with van der Waals surface area (Å²) < 4.78 is 25.4. The Morgan fingerprint density at radius 2 is 1.69 bits per heavy atom. The van der Waals surface area contributed by atoms with Gasteiger partial charge in [0.2, 0.25) is 10.0 Å². The quantitative estimate of drug-likeness (QED) is 0.754. The third-order valence-electron chi connectivity index (χ3n) is 3.82. The number of nitrogens with one attached hydrogen (secondary N) is 1. The maximum atomic E-state index is 12.2. The normalized spacial score (nSPS) is 11.0. The zero-order valence-corrected chi connectivity index (χ0v) is 15.8. The number of benzene rings is 2. The van der Waals surface area contributed by atoms with Crippen LogP contribution in [0.2, 0.25) is 0 Å². The zero-order valence-electron chi connectivity index (χ0n) is 15.0. The fourth-order valence-electron chi connectivity index (χ4n) is 2.53. The molecule has 0 bridgehead atoms. The number of sulfonamides is 1. The van der Waals surface area contributed by atoms with Crippen LogP contribution in [0.3, 0.4) is 0 Å². The molecule has 7 heteroatoms. The molecule has 0 spiro atoms. The first-order chi connectivity index (χ1) is 12.2. The molecule has 2 rings (SSSR count). The molecule has 2 aromatic rings. The highest BCUT2D eigenvalue weighted by molar-refractivity contribution is 7.92. The van der Waals surface area contributed by atoms with Crippen molar-refractivity contribution in [3.63, 3.8) is 0 Å². The van der Waals surface area contributed by atoms with Crippen LogP contribution < -0.4 is 9.62 Å². The monoisotopic (exact) mass is 374 g/mol. The minimum absolute atomic E-state index is 0.0672. The van der Waals surface area contributed by atoms with Gasteiger partial charge in [0.25, 0.3) is 5.91 Å². The largest absolute Gasteiger partial charge is 0.350 e. The van der Waals surface area contributed by atoms with E-state index < -0.39 is 10.0 Å². The summed E-state index contributed by atoms with van der Waals surface area (Å²) in [6, 6.07) is 13.6. The van der Waals surface area contributed by atoms with E-state index in [1.54, 1.807) is 36.4 Å². The maximum absolute atomic E-state index is 12.2. The second-order valence-electron chi connectivity index (χ2n) is 6.07. The van der Waals surface area contributed by atoms with Crippen LogP contribution in [0.25, 0.3) is 0 Å². The Hall–Kier alpha value is -2.67. The number of nitrogens with zero attached hydrogens (tertiary/aromatic N) is 1. The van der Waals surface area contributed by atoms with Gasteiger partial charge in [-0.15, -0.1) is 0 Å². The number of ketones is 1. The average molecular weight is 374 g/mol. The molecule has 0 saturated carbocycles. The topological polar surface area (TPSA) is 83.6 Å². The van der Waals surface area contributed by atoms with Crippen LogP contribution in [0.15, 0.2) is 48.5 Å². The van der Waals surface area contributed by atoms with Gasteiger partial charge < -0.3 is 5.32 Å². The van der Waals surface area contributed by atoms with Crippen LogP contribution >= 0.6 is 0 Å². The number of amides is 1. The van der Waals surface area contributed by atoms with Gasteiger partial charge in [-0.05, 0) is 38.1 Å². The third kappa shape index (κ3) is 5.16. The molecule has 1 N–H and O–H groups in total. The molecular weight excluding hydrogens is 352 g/mol. The Kier molecular flexibility index (Phi) is 6.15. The molecule has 0 aromatic heterocycles. The van der Waals surface area contributed by atoms with Crippen molar-refractivity contribution in [3.05, 3.63) is 65.2 Å². The summed E-state index contributed by atoms with van der Waals surface area (Å²) in [5.74, 6) is -0.410. The number of hydrogen-bond donors (Lipinski definition) is 1. The van der Waals surface area contributed by atoms with Gasteiger partial charge in [0.15, 0.2) is 5.78 Å². The fraction of sp³-hybridized carbons (Fsp3) is 0.263. The van der Waals surface area contributed by atoms with Crippen molar-refractivity contribution in [1.29, 1.82) is 0 Å². The molecule has 0 saturated heterocycles. The summed E-state index contributed by atoms with van der Waals surface area (Å²) in [5, 5.41) is 2.72. The number of aryl methyl sites for hydroxylation is 1. The van der Waals surface area contributed by atoms with E-state index >= 15 is 0 Å². The van der Waals surface area contributed by atoms with Crippen molar-refractivity contribution >= 4 is 27.4 Å². The Morgan fingerprint density at radius 3 is 2.31 bits per heavy atom. The Bertz CT molecular complexity index is 923. The number of Topliss-reactive ketones (excluding diaryl/α,β-unsaturated/α-hetero) is 1. The van der Waals surface area contributed by atoms with Gasteiger partial charge in [-0.25, -0.2) is 8.42 Å². The molecule has 0 aliphatic carbocycles. The van der Waals surface area contributed by atoms with Crippen LogP contribution in [0.4, 0.5) is 5.69 Å². The molecule has 0 aliphatic rings. The number of rotatable bonds is 7. The Morgan fingerprint density at radius 1 is 1.04 bits per heavy atom. The molecular formula is C19H22N2O4S. The molecule has 0 heterocycles. The highest BCUT2D eigenvalue weighted by Gasteiger charge is 2.18. The molecule has 0 unspecified atom stereocenters. The van der Waals surface area contributed by atoms with Crippen molar-refractivity contribution in [1.82, 2.24) is 5.32 Å². The lowest BCUT2D eigenvalue weighted by atomic mass is 10.1. The minimum atomic E-state index is -3.56. The highest BCUT2D eigenvalue weighted by Crippen LogP contribution is 2.19. The van der Waals surface area contributed by atoms with E-state index in [0.717, 1.165) is 11.8 Å². The first-order valence-electron chi connectivity index (χ1n) is 8.12. The van der Waals surface area contributed by atoms with Crippen molar-refractivity contribution in [2.24, 2.45) is 0 Å². The Labute approximate surface area is 153 Å². The van der Waals surface area contributed by atoms with E-state index in [2.05, 4.69) is 5.32 Å². The molecule has 1 amide bonds. The van der Waals surface area contributed by atoms with Gasteiger partial charge in [-0.2, -0.15) is 0 Å². The van der Waals surface area contributed by atoms with Crippen molar-refractivity contribution in [2.75, 3.05) is 23.7 Å². The van der Waals surface area contributed by atoms with E-state index in [1.807, 2.05) is 13.0 Å². The molecule has 138 valence electrons. The second-order valence-corrected chi connectivity index (χ2v) is 7.97. The van der Waals surface area contributed by atoms with Crippen LogP contribution in [0, 0.1) is 6.92 Å². The fourth-order valence-corrected chi connectivity index (χ4v) is 3.45. The SMILES string of the molecule is CC(=O)c1cccc(N(CCNC(=O)c2cccc(C)c2)S(C)(=O)=O)c1. The summed E-state index contributed by atoms with van der Waals surface area (Å²) in [5.41, 5.74) is 2.32. The van der Waals surface area contributed by atoms with Crippen molar-refractivity contribution < 1.29 is 18.0 Å². The molecule has 26 heavy (non-hydrogen) atoms. The summed E-state index contributed by atoms with van der Waals surface area (Å²) >= 11 is 0. The predicted octanol–water partition coefficient (Wildman–Crippen LogP) is 2.39. The van der Waals surface area contributed by atoms with Crippen LogP contribution in [-0.4, -0.2) is 39.5 Å². The van der Waals surface area contributed by atoms with Crippen molar-refractivity contribution in [3.8, 4) is 0 Å². The molecule has 2 aromatic carbocycles. The van der Waals surface area contributed by atoms with E-state index in [9.17, 15) is 18.0 Å². The molecule has 0 fully saturated rings. The molecule has 6 nitrogen and oxygen atoms in total.